The van der Waals surface area contributed by atoms with Gasteiger partial charge in [-0.3, -0.25) is 9.59 Å². The van der Waals surface area contributed by atoms with Gasteiger partial charge in [0.15, 0.2) is 17.4 Å². The molecule has 1 aromatic heterocycles. The largest absolute Gasteiger partial charge is 0.368 e. The van der Waals surface area contributed by atoms with E-state index in [0.29, 0.717) is 23.4 Å². The molecule has 4 rings (SSSR count). The lowest BCUT2D eigenvalue weighted by molar-refractivity contribution is -0.123. The fourth-order valence-electron chi connectivity index (χ4n) is 3.66. The minimum absolute atomic E-state index is 0.0225. The van der Waals surface area contributed by atoms with Gasteiger partial charge in [0.1, 0.15) is 22.1 Å². The average Bonchev–Trinajstić information content (AvgIpc) is 3.22. The number of halogens is 3. The van der Waals surface area contributed by atoms with Crippen LogP contribution in [-0.2, 0) is 4.79 Å². The van der Waals surface area contributed by atoms with Gasteiger partial charge in [-0.15, -0.1) is 11.3 Å². The summed E-state index contributed by atoms with van der Waals surface area (Å²) in [7, 11) is 0. The Labute approximate surface area is 186 Å². The lowest BCUT2D eigenvalue weighted by Crippen LogP contribution is -2.59. The van der Waals surface area contributed by atoms with E-state index in [1.165, 1.54) is 36.8 Å². The Morgan fingerprint density at radius 1 is 1.03 bits per heavy atom. The number of nitrogens with one attached hydrogen (secondary N) is 1. The zero-order valence-electron chi connectivity index (χ0n) is 16.8. The highest BCUT2D eigenvalue weighted by atomic mass is 32.1. The van der Waals surface area contributed by atoms with Gasteiger partial charge in [0.05, 0.1) is 11.3 Å². The molecule has 1 atom stereocenters. The summed E-state index contributed by atoms with van der Waals surface area (Å²) in [6.07, 6.45) is 3.20. The molecule has 0 aliphatic carbocycles. The lowest BCUT2D eigenvalue weighted by atomic mass is 9.83. The Balaban J connectivity index is 1.77. The zero-order chi connectivity index (χ0) is 22.9. The Morgan fingerprint density at radius 3 is 2.38 bits per heavy atom. The first kappa shape index (κ1) is 22.2. The molecule has 1 unspecified atom stereocenters. The predicted octanol–water partition coefficient (Wildman–Crippen LogP) is 4.28. The number of Topliss-reactive ketones (excluding diaryl/α,β-unsaturated/α-hetero) is 1. The minimum atomic E-state index is -1.29. The molecule has 165 valence electrons. The second-order valence-electron chi connectivity index (χ2n) is 7.56. The van der Waals surface area contributed by atoms with Crippen LogP contribution in [0, 0.1) is 23.9 Å². The molecule has 1 radical (unpaired) electrons. The molecule has 1 amide bonds. The van der Waals surface area contributed by atoms with Crippen LogP contribution in [-0.4, -0.2) is 28.8 Å². The van der Waals surface area contributed by atoms with E-state index in [2.05, 4.69) is 10.3 Å². The molecule has 5 nitrogen and oxygen atoms in total. The molecule has 1 fully saturated rings. The Morgan fingerprint density at radius 2 is 1.75 bits per heavy atom. The van der Waals surface area contributed by atoms with E-state index >= 15 is 0 Å². The average molecular weight is 458 g/mol. The highest BCUT2D eigenvalue weighted by Gasteiger charge is 2.41. The van der Waals surface area contributed by atoms with Crippen LogP contribution in [0.25, 0.3) is 21.0 Å². The molecule has 2 aromatic carbocycles. The molecule has 3 aromatic rings. The van der Waals surface area contributed by atoms with Crippen LogP contribution in [0.1, 0.15) is 29.8 Å². The van der Waals surface area contributed by atoms with Gasteiger partial charge in [-0.1, -0.05) is 12.1 Å². The quantitative estimate of drug-likeness (QED) is 0.540. The van der Waals surface area contributed by atoms with Crippen LogP contribution in [0.4, 0.5) is 13.2 Å². The van der Waals surface area contributed by atoms with Crippen molar-refractivity contribution in [2.75, 3.05) is 6.54 Å². The molecule has 1 aliphatic heterocycles. The zero-order valence-corrected chi connectivity index (χ0v) is 17.6. The summed E-state index contributed by atoms with van der Waals surface area (Å²) in [6.45, 7) is 0.536. The van der Waals surface area contributed by atoms with E-state index in [1.807, 2.05) is 0 Å². The number of amides is 1. The number of thiazole rings is 1. The van der Waals surface area contributed by atoms with Crippen molar-refractivity contribution < 1.29 is 22.8 Å². The number of rotatable bonds is 6. The van der Waals surface area contributed by atoms with Gasteiger partial charge < -0.3 is 11.1 Å². The topological polar surface area (TPSA) is 85.1 Å². The minimum Gasteiger partial charge on any atom is -0.368 e. The summed E-state index contributed by atoms with van der Waals surface area (Å²) in [4.78, 5) is 30.3. The smallest absolute Gasteiger partial charge is 0.238 e. The SMILES string of the molecule is NC(=O)C1([CH]C(=O)c2nc(-c3ccc(F)c(F)c3)sc2-c2ccc(F)cc2)CCCCN1. The second-order valence-corrected chi connectivity index (χ2v) is 8.56. The number of benzene rings is 2. The van der Waals surface area contributed by atoms with Crippen molar-refractivity contribution in [3.63, 3.8) is 0 Å². The third-order valence-corrected chi connectivity index (χ3v) is 6.54. The number of nitrogens with zero attached hydrogens (tertiary/aromatic N) is 1. The number of piperidine rings is 1. The first-order valence-corrected chi connectivity index (χ1v) is 10.8. The van der Waals surface area contributed by atoms with Crippen molar-refractivity contribution in [3.05, 3.63) is 72.0 Å². The molecular weight excluding hydrogens is 439 g/mol. The normalized spacial score (nSPS) is 18.5. The van der Waals surface area contributed by atoms with Crippen LogP contribution in [0.5, 0.6) is 0 Å². The van der Waals surface area contributed by atoms with Gasteiger partial charge >= 0.3 is 0 Å². The number of hydrogen-bond donors (Lipinski definition) is 2. The van der Waals surface area contributed by atoms with Crippen LogP contribution in [0.15, 0.2) is 42.5 Å². The lowest BCUT2D eigenvalue weighted by Gasteiger charge is -2.34. The van der Waals surface area contributed by atoms with E-state index in [4.69, 9.17) is 5.73 Å². The van der Waals surface area contributed by atoms with Gasteiger partial charge in [0, 0.05) is 5.56 Å². The monoisotopic (exact) mass is 458 g/mol. The van der Waals surface area contributed by atoms with Crippen molar-refractivity contribution in [1.29, 1.82) is 0 Å². The maximum Gasteiger partial charge on any atom is 0.238 e. The second kappa shape index (κ2) is 8.84. The molecule has 1 aliphatic rings. The molecular formula is C23H19F3N3O2S. The van der Waals surface area contributed by atoms with Gasteiger partial charge in [0.2, 0.25) is 5.91 Å². The number of primary amides is 1. The van der Waals surface area contributed by atoms with E-state index in [1.54, 1.807) is 0 Å². The number of carbonyl (C=O) groups is 2. The van der Waals surface area contributed by atoms with Crippen molar-refractivity contribution in [3.8, 4) is 21.0 Å². The first-order valence-electron chi connectivity index (χ1n) is 9.96. The fraction of sp³-hybridized carbons (Fsp3) is 0.217. The van der Waals surface area contributed by atoms with Crippen LogP contribution < -0.4 is 11.1 Å². The Hall–Kier alpha value is -3.04. The van der Waals surface area contributed by atoms with Crippen LogP contribution >= 0.6 is 11.3 Å². The molecule has 0 spiro atoms. The van der Waals surface area contributed by atoms with E-state index in [0.717, 1.165) is 36.3 Å². The van der Waals surface area contributed by atoms with E-state index < -0.39 is 34.7 Å². The number of aromatic nitrogens is 1. The summed E-state index contributed by atoms with van der Waals surface area (Å²) >= 11 is 1.08. The van der Waals surface area contributed by atoms with Crippen LogP contribution in [0.3, 0.4) is 0 Å². The molecule has 3 N–H and O–H groups in total. The van der Waals surface area contributed by atoms with Gasteiger partial charge in [-0.25, -0.2) is 18.2 Å². The summed E-state index contributed by atoms with van der Waals surface area (Å²) in [5.41, 5.74) is 5.15. The van der Waals surface area contributed by atoms with Crippen molar-refractivity contribution >= 4 is 23.0 Å². The molecule has 0 saturated carbocycles. The maximum absolute atomic E-state index is 13.8. The number of ketones is 1. The maximum atomic E-state index is 13.8. The number of nitrogens with two attached hydrogens (primary N) is 1. The van der Waals surface area contributed by atoms with Gasteiger partial charge in [-0.2, -0.15) is 0 Å². The first-order chi connectivity index (χ1) is 15.3. The summed E-state index contributed by atoms with van der Waals surface area (Å²) < 4.78 is 40.6. The van der Waals surface area contributed by atoms with Gasteiger partial charge in [-0.05, 0) is 61.7 Å². The Bertz CT molecular complexity index is 1170. The van der Waals surface area contributed by atoms with Crippen molar-refractivity contribution in [2.45, 2.75) is 24.8 Å². The van der Waals surface area contributed by atoms with E-state index in [-0.39, 0.29) is 16.3 Å². The fourth-order valence-corrected chi connectivity index (χ4v) is 4.73. The Kier molecular flexibility index (Phi) is 6.12. The molecule has 9 heteroatoms. The summed E-state index contributed by atoms with van der Waals surface area (Å²) in [5, 5.41) is 3.32. The molecule has 1 saturated heterocycles. The molecule has 2 heterocycles. The van der Waals surface area contributed by atoms with Gasteiger partial charge in [0.25, 0.3) is 0 Å². The summed E-state index contributed by atoms with van der Waals surface area (Å²) in [6, 6.07) is 8.82. The number of carbonyl (C=O) groups excluding carboxylic acids is 2. The number of hydrogen-bond acceptors (Lipinski definition) is 5. The molecule has 0 bridgehead atoms. The highest BCUT2D eigenvalue weighted by molar-refractivity contribution is 7.18. The highest BCUT2D eigenvalue weighted by Crippen LogP contribution is 2.37. The predicted molar refractivity (Wildman–Crippen MR) is 115 cm³/mol. The van der Waals surface area contributed by atoms with E-state index in [9.17, 15) is 22.8 Å². The van der Waals surface area contributed by atoms with Crippen molar-refractivity contribution in [2.24, 2.45) is 5.73 Å². The van der Waals surface area contributed by atoms with Crippen molar-refractivity contribution in [1.82, 2.24) is 10.3 Å². The standard InChI is InChI=1S/C23H19F3N3O2S/c24-15-6-3-13(4-7-15)20-19(18(30)12-23(22(27)31)9-1-2-10-28-23)29-21(32-20)14-5-8-16(25)17(26)11-14/h3-8,11-12,28H,1-2,9-10H2,(H2,27,31). The van der Waals surface area contributed by atoms with Crippen LogP contribution in [0.2, 0.25) is 0 Å². The third-order valence-electron chi connectivity index (χ3n) is 5.39. The summed E-state index contributed by atoms with van der Waals surface area (Å²) in [5.74, 6) is -3.69. The molecule has 32 heavy (non-hydrogen) atoms. The third kappa shape index (κ3) is 4.31.